The van der Waals surface area contributed by atoms with E-state index >= 15 is 0 Å². The molecule has 0 radical (unpaired) electrons. The lowest BCUT2D eigenvalue weighted by Crippen LogP contribution is -2.30. The number of hydrogen-bond acceptors (Lipinski definition) is 2. The molecule has 3 rings (SSSR count). The summed E-state index contributed by atoms with van der Waals surface area (Å²) in [6, 6.07) is 14.4. The van der Waals surface area contributed by atoms with Gasteiger partial charge in [-0.1, -0.05) is 24.3 Å². The van der Waals surface area contributed by atoms with Crippen LogP contribution in [0, 0.1) is 5.82 Å². The first-order valence-corrected chi connectivity index (χ1v) is 8.35. The van der Waals surface area contributed by atoms with E-state index < -0.39 is 0 Å². The Morgan fingerprint density at radius 2 is 1.88 bits per heavy atom. The molecule has 1 atom stereocenters. The fraction of sp³-hybridized carbons (Fsp3) is 0.350. The first-order chi connectivity index (χ1) is 11.7. The lowest BCUT2D eigenvalue weighted by atomic mass is 10.0. The molecular weight excluding hydrogens is 305 g/mol. The maximum absolute atomic E-state index is 13.1. The molecule has 1 fully saturated rings. The third-order valence-electron chi connectivity index (χ3n) is 4.61. The fourth-order valence-corrected chi connectivity index (χ4v) is 3.28. The summed E-state index contributed by atoms with van der Waals surface area (Å²) in [6.07, 6.45) is 3.15. The summed E-state index contributed by atoms with van der Waals surface area (Å²) in [4.78, 5) is 14.6. The van der Waals surface area contributed by atoms with Crippen LogP contribution in [0.3, 0.4) is 0 Å². The van der Waals surface area contributed by atoms with E-state index in [9.17, 15) is 9.18 Å². The summed E-state index contributed by atoms with van der Waals surface area (Å²) in [5.41, 5.74) is 2.15. The molecule has 1 amide bonds. The second kappa shape index (κ2) is 7.47. The van der Waals surface area contributed by atoms with Crippen LogP contribution in [-0.4, -0.2) is 24.5 Å². The van der Waals surface area contributed by atoms with E-state index in [-0.39, 0.29) is 17.8 Å². The molecule has 0 aliphatic carbocycles. The SMILES string of the molecule is COc1ccc(CCC(=O)N2CCCC2c2ccc(F)cc2)cc1. The summed E-state index contributed by atoms with van der Waals surface area (Å²) in [6.45, 7) is 0.781. The monoisotopic (exact) mass is 327 g/mol. The average molecular weight is 327 g/mol. The third kappa shape index (κ3) is 3.75. The normalized spacial score (nSPS) is 17.1. The Morgan fingerprint density at radius 1 is 1.17 bits per heavy atom. The summed E-state index contributed by atoms with van der Waals surface area (Å²) in [5, 5.41) is 0. The lowest BCUT2D eigenvalue weighted by Gasteiger charge is -2.25. The number of methoxy groups -OCH3 is 1. The van der Waals surface area contributed by atoms with Crippen LogP contribution >= 0.6 is 0 Å². The Kier molecular flexibility index (Phi) is 5.14. The van der Waals surface area contributed by atoms with Crippen LogP contribution in [0.25, 0.3) is 0 Å². The van der Waals surface area contributed by atoms with Gasteiger partial charge >= 0.3 is 0 Å². The van der Waals surface area contributed by atoms with Crippen LogP contribution in [0.1, 0.15) is 36.4 Å². The lowest BCUT2D eigenvalue weighted by molar-refractivity contribution is -0.132. The van der Waals surface area contributed by atoms with Gasteiger partial charge in [-0.15, -0.1) is 0 Å². The Labute approximate surface area is 142 Å². The number of amides is 1. The molecule has 0 saturated carbocycles. The number of halogens is 1. The molecule has 1 heterocycles. The molecule has 1 aliphatic rings. The van der Waals surface area contributed by atoms with Crippen molar-refractivity contribution in [1.29, 1.82) is 0 Å². The second-order valence-electron chi connectivity index (χ2n) is 6.14. The van der Waals surface area contributed by atoms with E-state index in [1.807, 2.05) is 29.2 Å². The highest BCUT2D eigenvalue weighted by atomic mass is 19.1. The summed E-state index contributed by atoms with van der Waals surface area (Å²) >= 11 is 0. The molecule has 0 N–H and O–H groups in total. The van der Waals surface area contributed by atoms with Crippen molar-refractivity contribution in [3.05, 3.63) is 65.5 Å². The average Bonchev–Trinajstić information content (AvgIpc) is 3.10. The molecule has 2 aromatic rings. The van der Waals surface area contributed by atoms with Gasteiger partial charge < -0.3 is 9.64 Å². The number of carbonyl (C=O) groups is 1. The number of rotatable bonds is 5. The topological polar surface area (TPSA) is 29.5 Å². The molecule has 126 valence electrons. The Balaban J connectivity index is 1.61. The molecule has 24 heavy (non-hydrogen) atoms. The van der Waals surface area contributed by atoms with Crippen molar-refractivity contribution in [3.63, 3.8) is 0 Å². The molecule has 3 nitrogen and oxygen atoms in total. The van der Waals surface area contributed by atoms with E-state index in [1.54, 1.807) is 19.2 Å². The van der Waals surface area contributed by atoms with Gasteiger partial charge in [0.15, 0.2) is 0 Å². The van der Waals surface area contributed by atoms with Crippen LogP contribution in [0.15, 0.2) is 48.5 Å². The van der Waals surface area contributed by atoms with Crippen LogP contribution in [0.4, 0.5) is 4.39 Å². The van der Waals surface area contributed by atoms with Crippen LogP contribution in [0.5, 0.6) is 5.75 Å². The fourth-order valence-electron chi connectivity index (χ4n) is 3.28. The van der Waals surface area contributed by atoms with Crippen molar-refractivity contribution in [2.45, 2.75) is 31.7 Å². The maximum atomic E-state index is 13.1. The van der Waals surface area contributed by atoms with Gasteiger partial charge in [0.1, 0.15) is 11.6 Å². The van der Waals surface area contributed by atoms with Gasteiger partial charge in [0.05, 0.1) is 13.2 Å². The zero-order valence-electron chi connectivity index (χ0n) is 13.9. The smallest absolute Gasteiger partial charge is 0.223 e. The van der Waals surface area contributed by atoms with E-state index in [1.165, 1.54) is 12.1 Å². The maximum Gasteiger partial charge on any atom is 0.223 e. The zero-order chi connectivity index (χ0) is 16.9. The highest BCUT2D eigenvalue weighted by Crippen LogP contribution is 2.32. The van der Waals surface area contributed by atoms with Crippen molar-refractivity contribution < 1.29 is 13.9 Å². The third-order valence-corrected chi connectivity index (χ3v) is 4.61. The molecular formula is C20H22FNO2. The first kappa shape index (κ1) is 16.5. The minimum atomic E-state index is -0.242. The van der Waals surface area contributed by atoms with E-state index in [4.69, 9.17) is 4.74 Å². The predicted molar refractivity (Wildman–Crippen MR) is 91.4 cm³/mol. The van der Waals surface area contributed by atoms with E-state index in [0.29, 0.717) is 6.42 Å². The van der Waals surface area contributed by atoms with Crippen molar-refractivity contribution in [2.24, 2.45) is 0 Å². The molecule has 0 spiro atoms. The van der Waals surface area contributed by atoms with E-state index in [0.717, 1.165) is 42.7 Å². The number of benzene rings is 2. The molecule has 0 bridgehead atoms. The molecule has 0 aromatic heterocycles. The molecule has 1 unspecified atom stereocenters. The van der Waals surface area contributed by atoms with Crippen LogP contribution in [-0.2, 0) is 11.2 Å². The van der Waals surface area contributed by atoms with Crippen molar-refractivity contribution in [1.82, 2.24) is 4.90 Å². The number of ether oxygens (including phenoxy) is 1. The predicted octanol–water partition coefficient (Wildman–Crippen LogP) is 4.13. The second-order valence-corrected chi connectivity index (χ2v) is 6.14. The molecule has 1 aliphatic heterocycles. The van der Waals surface area contributed by atoms with Crippen LogP contribution in [0.2, 0.25) is 0 Å². The highest BCUT2D eigenvalue weighted by molar-refractivity contribution is 5.77. The van der Waals surface area contributed by atoms with Crippen molar-refractivity contribution in [3.8, 4) is 5.75 Å². The molecule has 4 heteroatoms. The van der Waals surface area contributed by atoms with Gasteiger partial charge in [0, 0.05) is 13.0 Å². The Hall–Kier alpha value is -2.36. The summed E-state index contributed by atoms with van der Waals surface area (Å²) < 4.78 is 18.2. The number of likely N-dealkylation sites (tertiary alicyclic amines) is 1. The molecule has 1 saturated heterocycles. The Morgan fingerprint density at radius 3 is 2.54 bits per heavy atom. The highest BCUT2D eigenvalue weighted by Gasteiger charge is 2.29. The largest absolute Gasteiger partial charge is 0.497 e. The van der Waals surface area contributed by atoms with Gasteiger partial charge in [0.25, 0.3) is 0 Å². The summed E-state index contributed by atoms with van der Waals surface area (Å²) in [5.74, 6) is 0.743. The van der Waals surface area contributed by atoms with Crippen LogP contribution < -0.4 is 4.74 Å². The van der Waals surface area contributed by atoms with Gasteiger partial charge in [-0.3, -0.25) is 4.79 Å². The van der Waals surface area contributed by atoms with Gasteiger partial charge in [-0.2, -0.15) is 0 Å². The quantitative estimate of drug-likeness (QED) is 0.826. The zero-order valence-corrected chi connectivity index (χ0v) is 13.9. The minimum Gasteiger partial charge on any atom is -0.497 e. The Bertz CT molecular complexity index is 682. The number of hydrogen-bond donors (Lipinski definition) is 0. The van der Waals surface area contributed by atoms with Crippen molar-refractivity contribution >= 4 is 5.91 Å². The number of aryl methyl sites for hydroxylation is 1. The van der Waals surface area contributed by atoms with Crippen molar-refractivity contribution in [2.75, 3.05) is 13.7 Å². The minimum absolute atomic E-state index is 0.0777. The number of carbonyl (C=O) groups excluding carboxylic acids is 1. The van der Waals surface area contributed by atoms with Gasteiger partial charge in [-0.05, 0) is 54.7 Å². The van der Waals surface area contributed by atoms with E-state index in [2.05, 4.69) is 0 Å². The first-order valence-electron chi connectivity index (χ1n) is 8.35. The summed E-state index contributed by atoms with van der Waals surface area (Å²) in [7, 11) is 1.64. The standard InChI is InChI=1S/C20H22FNO2/c1-24-18-11-4-15(5-12-18)6-13-20(23)22-14-2-3-19(22)16-7-9-17(21)10-8-16/h4-5,7-12,19H,2-3,6,13-14H2,1H3. The number of nitrogens with zero attached hydrogens (tertiary/aromatic N) is 1. The molecule has 2 aromatic carbocycles. The van der Waals surface area contributed by atoms with Gasteiger partial charge in [-0.25, -0.2) is 4.39 Å². The van der Waals surface area contributed by atoms with Gasteiger partial charge in [0.2, 0.25) is 5.91 Å².